The molecule has 0 saturated carbocycles. The van der Waals surface area contributed by atoms with Crippen molar-refractivity contribution in [3.63, 3.8) is 0 Å². The van der Waals surface area contributed by atoms with Crippen molar-refractivity contribution in [3.05, 3.63) is 95.1 Å². The largest absolute Gasteiger partial charge is 0.192 e. The lowest BCUT2D eigenvalue weighted by molar-refractivity contribution is 1.18. The topological polar surface area (TPSA) is 23.8 Å². The van der Waals surface area contributed by atoms with Gasteiger partial charge in [0.2, 0.25) is 0 Å². The Labute approximate surface area is 153 Å². The van der Waals surface area contributed by atoms with Crippen LogP contribution in [0.3, 0.4) is 0 Å². The molecule has 0 atom stereocenters. The summed E-state index contributed by atoms with van der Waals surface area (Å²) >= 11 is 0. The van der Waals surface area contributed by atoms with Crippen molar-refractivity contribution in [3.8, 4) is 28.3 Å². The molecule has 0 N–H and O–H groups in total. The highest BCUT2D eigenvalue weighted by Gasteiger charge is 2.21. The number of fused-ring (bicyclic) bond motifs is 3. The molecule has 4 aromatic carbocycles. The van der Waals surface area contributed by atoms with Crippen LogP contribution in [0.5, 0.6) is 0 Å². The number of nitriles is 1. The molecule has 0 amide bonds. The fourth-order valence-corrected chi connectivity index (χ4v) is 4.21. The van der Waals surface area contributed by atoms with Crippen LogP contribution in [0.15, 0.2) is 72.8 Å². The van der Waals surface area contributed by atoms with Crippen LogP contribution in [0.1, 0.15) is 22.3 Å². The maximum absolute atomic E-state index is 9.47. The summed E-state index contributed by atoms with van der Waals surface area (Å²) in [7, 11) is 0. The van der Waals surface area contributed by atoms with Crippen LogP contribution in [-0.4, -0.2) is 0 Å². The second kappa shape index (κ2) is 5.58. The molecule has 0 saturated heterocycles. The quantitative estimate of drug-likeness (QED) is 0.374. The smallest absolute Gasteiger partial charge is 0.0994 e. The van der Waals surface area contributed by atoms with Crippen LogP contribution < -0.4 is 0 Å². The third kappa shape index (κ3) is 2.09. The normalized spacial score (nSPS) is 11.4. The van der Waals surface area contributed by atoms with E-state index in [4.69, 9.17) is 0 Å². The highest BCUT2D eigenvalue weighted by molar-refractivity contribution is 6.16. The van der Waals surface area contributed by atoms with E-state index in [1.165, 1.54) is 44.2 Å². The lowest BCUT2D eigenvalue weighted by Crippen LogP contribution is -1.95. The monoisotopic (exact) mass is 331 g/mol. The van der Waals surface area contributed by atoms with Gasteiger partial charge in [-0.25, -0.2) is 0 Å². The standard InChI is InChI=1S/C25H17N/c1-16-9-10-18(15-26)19(13-16)14-17-11-12-24-22-6-3-2-5-21(22)23-8-4-7-20(17)25(23)24/h2-13H,14H2,1H3. The summed E-state index contributed by atoms with van der Waals surface area (Å²) in [4.78, 5) is 0. The Hall–Kier alpha value is -3.37. The number of benzene rings is 4. The molecular formula is C25H17N. The minimum absolute atomic E-state index is 0.766. The third-order valence-electron chi connectivity index (χ3n) is 5.40. The molecule has 1 heteroatoms. The SMILES string of the molecule is Cc1ccc(C#N)c(Cc2ccc3c4c(cccc24)-c2ccccc2-3)c1. The first kappa shape index (κ1) is 14.9. The molecular weight excluding hydrogens is 314 g/mol. The lowest BCUT2D eigenvalue weighted by Gasteiger charge is -2.11. The summed E-state index contributed by atoms with van der Waals surface area (Å²) in [5.41, 5.74) is 9.61. The molecule has 122 valence electrons. The fraction of sp³-hybridized carbons (Fsp3) is 0.0800. The molecule has 0 aromatic heterocycles. The first-order valence-corrected chi connectivity index (χ1v) is 8.90. The minimum Gasteiger partial charge on any atom is -0.192 e. The van der Waals surface area contributed by atoms with E-state index in [1.54, 1.807) is 0 Å². The van der Waals surface area contributed by atoms with Crippen molar-refractivity contribution in [2.75, 3.05) is 0 Å². The molecule has 26 heavy (non-hydrogen) atoms. The second-order valence-corrected chi connectivity index (χ2v) is 7.00. The average Bonchev–Trinajstić information content (AvgIpc) is 3.00. The maximum Gasteiger partial charge on any atom is 0.0994 e. The fourth-order valence-electron chi connectivity index (χ4n) is 4.21. The Morgan fingerprint density at radius 2 is 1.46 bits per heavy atom. The van der Waals surface area contributed by atoms with Gasteiger partial charge >= 0.3 is 0 Å². The highest BCUT2D eigenvalue weighted by Crippen LogP contribution is 2.47. The number of aryl methyl sites for hydroxylation is 1. The molecule has 1 nitrogen and oxygen atoms in total. The van der Waals surface area contributed by atoms with Gasteiger partial charge in [0, 0.05) is 0 Å². The molecule has 0 spiro atoms. The first-order chi connectivity index (χ1) is 12.8. The summed E-state index contributed by atoms with van der Waals surface area (Å²) in [6, 6.07) is 28.1. The molecule has 4 aromatic rings. The van der Waals surface area contributed by atoms with Gasteiger partial charge in [-0.15, -0.1) is 0 Å². The van der Waals surface area contributed by atoms with Gasteiger partial charge in [-0.2, -0.15) is 5.26 Å². The Bertz CT molecular complexity index is 1200. The van der Waals surface area contributed by atoms with Crippen LogP contribution >= 0.6 is 0 Å². The van der Waals surface area contributed by atoms with Crippen LogP contribution in [0, 0.1) is 18.3 Å². The van der Waals surface area contributed by atoms with Crippen molar-refractivity contribution >= 4 is 10.8 Å². The van der Waals surface area contributed by atoms with Gasteiger partial charge in [-0.1, -0.05) is 72.3 Å². The molecule has 0 bridgehead atoms. The van der Waals surface area contributed by atoms with E-state index >= 15 is 0 Å². The van der Waals surface area contributed by atoms with Crippen LogP contribution in [0.25, 0.3) is 33.0 Å². The van der Waals surface area contributed by atoms with Gasteiger partial charge in [0.05, 0.1) is 11.6 Å². The predicted molar refractivity (Wildman–Crippen MR) is 107 cm³/mol. The van der Waals surface area contributed by atoms with E-state index in [9.17, 15) is 5.26 Å². The summed E-state index contributed by atoms with van der Waals surface area (Å²) < 4.78 is 0. The zero-order chi connectivity index (χ0) is 17.7. The maximum atomic E-state index is 9.47. The van der Waals surface area contributed by atoms with E-state index in [0.29, 0.717) is 0 Å². The van der Waals surface area contributed by atoms with E-state index in [1.807, 2.05) is 12.1 Å². The summed E-state index contributed by atoms with van der Waals surface area (Å²) in [5.74, 6) is 0. The lowest BCUT2D eigenvalue weighted by atomic mass is 9.92. The molecule has 1 aliphatic carbocycles. The molecule has 0 aliphatic heterocycles. The molecule has 0 radical (unpaired) electrons. The van der Waals surface area contributed by atoms with Crippen molar-refractivity contribution in [2.45, 2.75) is 13.3 Å². The number of nitrogens with zero attached hydrogens (tertiary/aromatic N) is 1. The molecule has 5 rings (SSSR count). The van der Waals surface area contributed by atoms with Crippen molar-refractivity contribution in [2.24, 2.45) is 0 Å². The Morgan fingerprint density at radius 1 is 0.731 bits per heavy atom. The average molecular weight is 331 g/mol. The van der Waals surface area contributed by atoms with E-state index < -0.39 is 0 Å². The minimum atomic E-state index is 0.766. The highest BCUT2D eigenvalue weighted by atomic mass is 14.3. The van der Waals surface area contributed by atoms with Crippen LogP contribution in [-0.2, 0) is 6.42 Å². The van der Waals surface area contributed by atoms with Crippen molar-refractivity contribution < 1.29 is 0 Å². The van der Waals surface area contributed by atoms with E-state index in [-0.39, 0.29) is 0 Å². The van der Waals surface area contributed by atoms with Crippen molar-refractivity contribution in [1.29, 1.82) is 5.26 Å². The van der Waals surface area contributed by atoms with Crippen LogP contribution in [0.2, 0.25) is 0 Å². The van der Waals surface area contributed by atoms with Gasteiger partial charge in [-0.05, 0) is 63.6 Å². The van der Waals surface area contributed by atoms with E-state index in [0.717, 1.165) is 17.5 Å². The van der Waals surface area contributed by atoms with Gasteiger partial charge in [0.15, 0.2) is 0 Å². The zero-order valence-corrected chi connectivity index (χ0v) is 14.6. The first-order valence-electron chi connectivity index (χ1n) is 8.90. The number of rotatable bonds is 2. The summed E-state index contributed by atoms with van der Waals surface area (Å²) in [6.45, 7) is 2.08. The Balaban J connectivity index is 1.73. The zero-order valence-electron chi connectivity index (χ0n) is 14.6. The Kier molecular flexibility index (Phi) is 3.20. The van der Waals surface area contributed by atoms with Crippen LogP contribution in [0.4, 0.5) is 0 Å². The van der Waals surface area contributed by atoms with Gasteiger partial charge in [0.1, 0.15) is 0 Å². The van der Waals surface area contributed by atoms with Gasteiger partial charge in [-0.3, -0.25) is 0 Å². The molecule has 0 heterocycles. The van der Waals surface area contributed by atoms with Gasteiger partial charge in [0.25, 0.3) is 0 Å². The summed E-state index contributed by atoms with van der Waals surface area (Å²) in [6.07, 6.45) is 0.779. The third-order valence-corrected chi connectivity index (χ3v) is 5.40. The molecule has 0 unspecified atom stereocenters. The predicted octanol–water partition coefficient (Wildman–Crippen LogP) is 6.26. The molecule has 0 fully saturated rings. The Morgan fingerprint density at radius 3 is 2.23 bits per heavy atom. The van der Waals surface area contributed by atoms with Crippen molar-refractivity contribution in [1.82, 2.24) is 0 Å². The number of hydrogen-bond donors (Lipinski definition) is 0. The number of hydrogen-bond acceptors (Lipinski definition) is 1. The van der Waals surface area contributed by atoms with Gasteiger partial charge < -0.3 is 0 Å². The summed E-state index contributed by atoms with van der Waals surface area (Å²) in [5, 5.41) is 12.1. The molecule has 1 aliphatic rings. The second-order valence-electron chi connectivity index (χ2n) is 7.00. The van der Waals surface area contributed by atoms with E-state index in [2.05, 4.69) is 73.7 Å².